The second kappa shape index (κ2) is 5.28. The third-order valence-corrected chi connectivity index (χ3v) is 4.62. The van der Waals surface area contributed by atoms with E-state index in [-0.39, 0.29) is 11.4 Å². The van der Waals surface area contributed by atoms with Crippen molar-refractivity contribution < 1.29 is 9.13 Å². The van der Waals surface area contributed by atoms with Crippen molar-refractivity contribution in [2.75, 3.05) is 19.1 Å². The maximum Gasteiger partial charge on any atom is 0.139 e. The van der Waals surface area contributed by atoms with Crippen LogP contribution in [0, 0.1) is 5.82 Å². The van der Waals surface area contributed by atoms with Crippen LogP contribution in [0.4, 0.5) is 4.39 Å². The van der Waals surface area contributed by atoms with Gasteiger partial charge in [-0.05, 0) is 35.3 Å². The Labute approximate surface area is 130 Å². The molecule has 6 heteroatoms. The van der Waals surface area contributed by atoms with Crippen molar-refractivity contribution in [2.45, 2.75) is 25.3 Å². The lowest BCUT2D eigenvalue weighted by Gasteiger charge is -2.27. The second-order valence-electron chi connectivity index (χ2n) is 5.36. The molecule has 1 fully saturated rings. The van der Waals surface area contributed by atoms with Gasteiger partial charge in [-0.25, -0.2) is 9.37 Å². The highest BCUT2D eigenvalue weighted by atomic mass is 79.9. The number of halogens is 3. The SMILES string of the molecule is CC1(n2c(CCCl)nc3cc(Br)c(F)cc32)CCOC1. The Kier molecular flexibility index (Phi) is 3.77. The number of alkyl halides is 1. The molecule has 0 spiro atoms. The minimum atomic E-state index is -0.279. The number of aryl methyl sites for hydroxylation is 1. The molecule has 3 nitrogen and oxygen atoms in total. The summed E-state index contributed by atoms with van der Waals surface area (Å²) in [5, 5.41) is 0. The van der Waals surface area contributed by atoms with Crippen LogP contribution in [0.2, 0.25) is 0 Å². The fraction of sp³-hybridized carbons (Fsp3) is 0.500. The van der Waals surface area contributed by atoms with Gasteiger partial charge in [-0.2, -0.15) is 0 Å². The first kappa shape index (κ1) is 14.3. The molecule has 1 atom stereocenters. The molecule has 0 amide bonds. The molecule has 3 rings (SSSR count). The van der Waals surface area contributed by atoms with Crippen molar-refractivity contribution in [3.8, 4) is 0 Å². The summed E-state index contributed by atoms with van der Waals surface area (Å²) in [6, 6.07) is 3.26. The van der Waals surface area contributed by atoms with Gasteiger partial charge in [0.1, 0.15) is 11.6 Å². The molecule has 0 radical (unpaired) electrons. The fourth-order valence-corrected chi connectivity index (χ4v) is 3.31. The topological polar surface area (TPSA) is 27.1 Å². The standard InChI is InChI=1S/C14H15BrClFN2O/c1-14(3-5-20-8-14)19-12-7-10(17)9(15)6-11(12)18-13(19)2-4-16/h6-7H,2-5,8H2,1H3. The predicted molar refractivity (Wildman–Crippen MR) is 80.9 cm³/mol. The predicted octanol–water partition coefficient (Wildman–Crippen LogP) is 3.85. The molecular formula is C14H15BrClFN2O. The van der Waals surface area contributed by atoms with Crippen molar-refractivity contribution in [1.29, 1.82) is 0 Å². The largest absolute Gasteiger partial charge is 0.379 e. The van der Waals surface area contributed by atoms with E-state index < -0.39 is 0 Å². The highest BCUT2D eigenvalue weighted by Gasteiger charge is 2.35. The highest BCUT2D eigenvalue weighted by molar-refractivity contribution is 9.10. The first-order valence-corrected chi connectivity index (χ1v) is 7.88. The van der Waals surface area contributed by atoms with E-state index in [9.17, 15) is 4.39 Å². The summed E-state index contributed by atoms with van der Waals surface area (Å²) in [6.07, 6.45) is 1.55. The van der Waals surface area contributed by atoms with Crippen molar-refractivity contribution >= 4 is 38.6 Å². The molecule has 2 aromatic rings. The zero-order valence-electron chi connectivity index (χ0n) is 11.1. The van der Waals surface area contributed by atoms with Crippen LogP contribution in [-0.4, -0.2) is 28.6 Å². The number of hydrogen-bond donors (Lipinski definition) is 0. The van der Waals surface area contributed by atoms with Crippen molar-refractivity contribution in [3.63, 3.8) is 0 Å². The maximum atomic E-state index is 13.9. The van der Waals surface area contributed by atoms with Crippen LogP contribution in [0.15, 0.2) is 16.6 Å². The molecule has 1 aromatic carbocycles. The molecule has 20 heavy (non-hydrogen) atoms. The number of aromatic nitrogens is 2. The lowest BCUT2D eigenvalue weighted by atomic mass is 10.0. The Bertz CT molecular complexity index is 652. The molecule has 2 heterocycles. The smallest absolute Gasteiger partial charge is 0.139 e. The van der Waals surface area contributed by atoms with Gasteiger partial charge in [0.2, 0.25) is 0 Å². The summed E-state index contributed by atoms with van der Waals surface area (Å²) in [4.78, 5) is 4.62. The van der Waals surface area contributed by atoms with Crippen LogP contribution in [0.3, 0.4) is 0 Å². The molecule has 108 valence electrons. The number of nitrogens with zero attached hydrogens (tertiary/aromatic N) is 2. The van der Waals surface area contributed by atoms with Gasteiger partial charge in [-0.15, -0.1) is 11.6 Å². The summed E-state index contributed by atoms with van der Waals surface area (Å²) >= 11 is 9.09. The molecule has 0 N–H and O–H groups in total. The summed E-state index contributed by atoms with van der Waals surface area (Å²) in [6.45, 7) is 3.46. The van der Waals surface area contributed by atoms with Gasteiger partial charge in [0.15, 0.2) is 0 Å². The quantitative estimate of drug-likeness (QED) is 0.776. The number of hydrogen-bond acceptors (Lipinski definition) is 2. The van der Waals surface area contributed by atoms with Gasteiger partial charge in [0, 0.05) is 25.0 Å². The molecule has 1 aliphatic heterocycles. The third kappa shape index (κ3) is 2.26. The molecule has 1 aliphatic rings. The Hall–Kier alpha value is -0.650. The third-order valence-electron chi connectivity index (χ3n) is 3.82. The van der Waals surface area contributed by atoms with Gasteiger partial charge in [0.05, 0.1) is 27.7 Å². The minimum absolute atomic E-state index is 0.184. The van der Waals surface area contributed by atoms with Crippen LogP contribution in [0.5, 0.6) is 0 Å². The number of rotatable bonds is 3. The lowest BCUT2D eigenvalue weighted by Crippen LogP contribution is -2.32. The first-order chi connectivity index (χ1) is 9.55. The molecular weight excluding hydrogens is 347 g/mol. The van der Waals surface area contributed by atoms with Crippen molar-refractivity contribution in [1.82, 2.24) is 9.55 Å². The van der Waals surface area contributed by atoms with Crippen molar-refractivity contribution in [3.05, 3.63) is 28.2 Å². The number of imidazole rings is 1. The first-order valence-electron chi connectivity index (χ1n) is 6.56. The molecule has 1 unspecified atom stereocenters. The van der Waals surface area contributed by atoms with E-state index in [1.165, 1.54) is 6.07 Å². The van der Waals surface area contributed by atoms with Crippen LogP contribution < -0.4 is 0 Å². The monoisotopic (exact) mass is 360 g/mol. The maximum absolute atomic E-state index is 13.9. The Morgan fingerprint density at radius 2 is 2.35 bits per heavy atom. The van der Waals surface area contributed by atoms with E-state index in [1.54, 1.807) is 6.07 Å². The molecule has 0 bridgehead atoms. The summed E-state index contributed by atoms with van der Waals surface area (Å²) < 4.78 is 22.0. The number of fused-ring (bicyclic) bond motifs is 1. The van der Waals surface area contributed by atoms with Gasteiger partial charge in [0.25, 0.3) is 0 Å². The van der Waals surface area contributed by atoms with E-state index >= 15 is 0 Å². The molecule has 1 saturated heterocycles. The van der Waals surface area contributed by atoms with E-state index in [1.807, 2.05) is 0 Å². The molecule has 0 aliphatic carbocycles. The Morgan fingerprint density at radius 1 is 1.55 bits per heavy atom. The number of ether oxygens (including phenoxy) is 1. The van der Waals surface area contributed by atoms with Gasteiger partial charge in [-0.1, -0.05) is 0 Å². The average Bonchev–Trinajstić information content (AvgIpc) is 2.96. The summed E-state index contributed by atoms with van der Waals surface area (Å²) in [7, 11) is 0. The van der Waals surface area contributed by atoms with E-state index in [0.717, 1.165) is 29.9 Å². The second-order valence-corrected chi connectivity index (χ2v) is 6.59. The zero-order chi connectivity index (χ0) is 14.3. The fourth-order valence-electron chi connectivity index (χ4n) is 2.81. The molecule has 0 saturated carbocycles. The highest BCUT2D eigenvalue weighted by Crippen LogP contribution is 2.34. The van der Waals surface area contributed by atoms with Crippen LogP contribution in [-0.2, 0) is 16.7 Å². The van der Waals surface area contributed by atoms with Crippen LogP contribution >= 0.6 is 27.5 Å². The normalized spacial score (nSPS) is 22.8. The van der Waals surface area contributed by atoms with Gasteiger partial charge < -0.3 is 9.30 Å². The van der Waals surface area contributed by atoms with Gasteiger partial charge >= 0.3 is 0 Å². The Morgan fingerprint density at radius 3 is 3.00 bits per heavy atom. The van der Waals surface area contributed by atoms with E-state index in [4.69, 9.17) is 16.3 Å². The lowest BCUT2D eigenvalue weighted by molar-refractivity contribution is 0.162. The van der Waals surface area contributed by atoms with Gasteiger partial charge in [-0.3, -0.25) is 0 Å². The van der Waals surface area contributed by atoms with Crippen molar-refractivity contribution in [2.24, 2.45) is 0 Å². The number of benzene rings is 1. The van der Waals surface area contributed by atoms with E-state index in [2.05, 4.69) is 32.4 Å². The minimum Gasteiger partial charge on any atom is -0.379 e. The summed E-state index contributed by atoms with van der Waals surface area (Å²) in [5.74, 6) is 1.10. The molecule has 1 aromatic heterocycles. The van der Waals surface area contributed by atoms with Crippen LogP contribution in [0.25, 0.3) is 11.0 Å². The average molecular weight is 362 g/mol. The summed E-state index contributed by atoms with van der Waals surface area (Å²) in [5.41, 5.74) is 1.40. The van der Waals surface area contributed by atoms with E-state index in [0.29, 0.717) is 23.4 Å². The zero-order valence-corrected chi connectivity index (χ0v) is 13.5. The Balaban J connectivity index is 2.25. The van der Waals surface area contributed by atoms with Crippen LogP contribution in [0.1, 0.15) is 19.2 Å².